The van der Waals surface area contributed by atoms with Crippen LogP contribution in [0.1, 0.15) is 27.2 Å². The summed E-state index contributed by atoms with van der Waals surface area (Å²) in [5.74, 6) is 0.152. The predicted molar refractivity (Wildman–Crippen MR) is 34.2 cm³/mol. The van der Waals surface area contributed by atoms with Crippen LogP contribution in [0.3, 0.4) is 0 Å². The molecule has 0 bridgehead atoms. The number of hydrogen-bond acceptors (Lipinski definition) is 2. The summed E-state index contributed by atoms with van der Waals surface area (Å²) in [6.07, 6.45) is 0.819. The molecule has 2 nitrogen and oxygen atoms in total. The molecule has 0 amide bonds. The maximum Gasteiger partial charge on any atom is 0.161 e. The van der Waals surface area contributed by atoms with Crippen LogP contribution in [0.25, 0.3) is 0 Å². The molecule has 1 rings (SSSR count). The Bertz CT molecular complexity index is 142. The van der Waals surface area contributed by atoms with E-state index >= 15 is 0 Å². The average Bonchev–Trinajstić information content (AvgIpc) is 2.44. The fraction of sp³-hybridized carbons (Fsp3) is 0.857. The number of Topliss-reactive ketones (excluding diaryl/α,β-unsaturated/α-hetero) is 1. The Morgan fingerprint density at radius 1 is 1.78 bits per heavy atom. The van der Waals surface area contributed by atoms with E-state index in [0.29, 0.717) is 0 Å². The quantitative estimate of drug-likeness (QED) is 0.522. The molecule has 0 aromatic rings. The summed E-state index contributed by atoms with van der Waals surface area (Å²) in [5.41, 5.74) is -0.119. The highest BCUT2D eigenvalue weighted by Crippen LogP contribution is 2.39. The maximum atomic E-state index is 10.7. The molecule has 2 heteroatoms. The second kappa shape index (κ2) is 1.81. The summed E-state index contributed by atoms with van der Waals surface area (Å²) in [7, 11) is 0. The lowest BCUT2D eigenvalue weighted by Gasteiger charge is -1.95. The third-order valence-corrected chi connectivity index (χ3v) is 1.96. The third-order valence-electron chi connectivity index (χ3n) is 1.96. The molecule has 52 valence electrons. The van der Waals surface area contributed by atoms with Gasteiger partial charge < -0.3 is 4.74 Å². The van der Waals surface area contributed by atoms with E-state index in [1.54, 1.807) is 6.92 Å². The van der Waals surface area contributed by atoms with E-state index in [0.717, 1.165) is 6.42 Å². The second-order valence-electron chi connectivity index (χ2n) is 2.77. The van der Waals surface area contributed by atoms with Crippen molar-refractivity contribution < 1.29 is 9.53 Å². The zero-order chi connectivity index (χ0) is 7.07. The van der Waals surface area contributed by atoms with Crippen LogP contribution >= 0.6 is 0 Å². The molecule has 0 radical (unpaired) electrons. The highest BCUT2D eigenvalue weighted by atomic mass is 16.6. The molecule has 9 heavy (non-hydrogen) atoms. The van der Waals surface area contributed by atoms with E-state index in [1.807, 2.05) is 13.8 Å². The topological polar surface area (TPSA) is 29.6 Å². The summed E-state index contributed by atoms with van der Waals surface area (Å²) < 4.78 is 5.17. The third kappa shape index (κ3) is 0.990. The molecule has 0 N–H and O–H groups in total. The predicted octanol–water partition coefficient (Wildman–Crippen LogP) is 1.14. The number of ether oxygens (including phenoxy) is 1. The Balaban J connectivity index is 2.48. The van der Waals surface area contributed by atoms with Crippen LogP contribution in [0.5, 0.6) is 0 Å². The molecule has 1 fully saturated rings. The van der Waals surface area contributed by atoms with Gasteiger partial charge in [0, 0.05) is 0 Å². The lowest BCUT2D eigenvalue weighted by molar-refractivity contribution is -0.118. The first-order valence-corrected chi connectivity index (χ1v) is 3.28. The monoisotopic (exact) mass is 128 g/mol. The van der Waals surface area contributed by atoms with Crippen LogP contribution in [0.4, 0.5) is 0 Å². The lowest BCUT2D eigenvalue weighted by Crippen LogP contribution is -2.13. The largest absolute Gasteiger partial charge is 0.358 e. The first-order chi connectivity index (χ1) is 4.10. The number of epoxide rings is 1. The van der Waals surface area contributed by atoms with Gasteiger partial charge in [-0.25, -0.2) is 0 Å². The molecule has 1 aliphatic heterocycles. The molecule has 0 saturated carbocycles. The van der Waals surface area contributed by atoms with Crippen LogP contribution in [0.15, 0.2) is 0 Å². The Morgan fingerprint density at radius 2 is 2.33 bits per heavy atom. The van der Waals surface area contributed by atoms with Gasteiger partial charge in [-0.15, -0.1) is 0 Å². The number of carbonyl (C=O) groups excluding carboxylic acids is 1. The highest BCUT2D eigenvalue weighted by Gasteiger charge is 2.53. The number of hydrogen-bond donors (Lipinski definition) is 0. The number of rotatable bonds is 2. The smallest absolute Gasteiger partial charge is 0.161 e. The molecule has 0 aromatic carbocycles. The minimum absolute atomic E-state index is 0.109. The van der Waals surface area contributed by atoms with Crippen LogP contribution < -0.4 is 0 Å². The molecular formula is C7H12O2. The Kier molecular flexibility index (Phi) is 1.35. The zero-order valence-corrected chi connectivity index (χ0v) is 6.10. The average molecular weight is 128 g/mol. The molecule has 0 aromatic heterocycles. The molecule has 2 atom stereocenters. The standard InChI is InChI=1S/C7H12O2/c1-4-7(3)6(9-7)5(2)8/h6H,4H2,1-3H3. The van der Waals surface area contributed by atoms with E-state index in [4.69, 9.17) is 4.74 Å². The normalized spacial score (nSPS) is 40.6. The highest BCUT2D eigenvalue weighted by molar-refractivity contribution is 5.84. The van der Waals surface area contributed by atoms with Crippen molar-refractivity contribution in [1.82, 2.24) is 0 Å². The molecule has 1 aliphatic rings. The summed E-state index contributed by atoms with van der Waals surface area (Å²) in [6, 6.07) is 0. The summed E-state index contributed by atoms with van der Waals surface area (Å²) in [5, 5.41) is 0. The Morgan fingerprint density at radius 3 is 2.44 bits per heavy atom. The van der Waals surface area contributed by atoms with Gasteiger partial charge in [0.2, 0.25) is 0 Å². The van der Waals surface area contributed by atoms with Crippen molar-refractivity contribution >= 4 is 5.78 Å². The van der Waals surface area contributed by atoms with Gasteiger partial charge >= 0.3 is 0 Å². The number of ketones is 1. The van der Waals surface area contributed by atoms with Crippen LogP contribution in [0, 0.1) is 0 Å². The first kappa shape index (κ1) is 6.75. The van der Waals surface area contributed by atoms with E-state index in [1.165, 1.54) is 0 Å². The van der Waals surface area contributed by atoms with Gasteiger partial charge in [0.15, 0.2) is 5.78 Å². The second-order valence-corrected chi connectivity index (χ2v) is 2.77. The molecular weight excluding hydrogens is 116 g/mol. The van der Waals surface area contributed by atoms with Gasteiger partial charge in [0.05, 0.1) is 5.60 Å². The van der Waals surface area contributed by atoms with Crippen molar-refractivity contribution in [1.29, 1.82) is 0 Å². The number of carbonyl (C=O) groups is 1. The van der Waals surface area contributed by atoms with Crippen molar-refractivity contribution in [3.63, 3.8) is 0 Å². The summed E-state index contributed by atoms with van der Waals surface area (Å²) in [4.78, 5) is 10.7. The van der Waals surface area contributed by atoms with Gasteiger partial charge in [-0.1, -0.05) is 6.92 Å². The zero-order valence-electron chi connectivity index (χ0n) is 6.10. The maximum absolute atomic E-state index is 10.7. The SMILES string of the molecule is CCC1(C)OC1C(C)=O. The van der Waals surface area contributed by atoms with Gasteiger partial charge in [0.25, 0.3) is 0 Å². The van der Waals surface area contributed by atoms with Crippen molar-refractivity contribution in [3.05, 3.63) is 0 Å². The Hall–Kier alpha value is -0.370. The van der Waals surface area contributed by atoms with Crippen LogP contribution in [-0.4, -0.2) is 17.5 Å². The molecule has 1 heterocycles. The van der Waals surface area contributed by atoms with Crippen molar-refractivity contribution in [3.8, 4) is 0 Å². The van der Waals surface area contributed by atoms with E-state index in [-0.39, 0.29) is 17.5 Å². The summed E-state index contributed by atoms with van der Waals surface area (Å²) >= 11 is 0. The fourth-order valence-corrected chi connectivity index (χ4v) is 1.02. The van der Waals surface area contributed by atoms with E-state index < -0.39 is 0 Å². The van der Waals surface area contributed by atoms with Crippen molar-refractivity contribution in [2.45, 2.75) is 38.9 Å². The van der Waals surface area contributed by atoms with Gasteiger partial charge in [-0.05, 0) is 20.3 Å². The fourth-order valence-electron chi connectivity index (χ4n) is 1.02. The van der Waals surface area contributed by atoms with Gasteiger partial charge in [0.1, 0.15) is 6.10 Å². The first-order valence-electron chi connectivity index (χ1n) is 3.28. The molecule has 0 aliphatic carbocycles. The summed E-state index contributed by atoms with van der Waals surface area (Å²) in [6.45, 7) is 5.58. The van der Waals surface area contributed by atoms with Crippen molar-refractivity contribution in [2.24, 2.45) is 0 Å². The molecule has 2 unspecified atom stereocenters. The minimum atomic E-state index is -0.119. The van der Waals surface area contributed by atoms with Crippen LogP contribution in [0.2, 0.25) is 0 Å². The lowest BCUT2D eigenvalue weighted by atomic mass is 10.0. The van der Waals surface area contributed by atoms with Gasteiger partial charge in [-0.3, -0.25) is 4.79 Å². The molecule has 1 saturated heterocycles. The van der Waals surface area contributed by atoms with Gasteiger partial charge in [-0.2, -0.15) is 0 Å². The van der Waals surface area contributed by atoms with Crippen LogP contribution in [-0.2, 0) is 9.53 Å². The van der Waals surface area contributed by atoms with E-state index in [9.17, 15) is 4.79 Å². The Labute approximate surface area is 55.2 Å². The van der Waals surface area contributed by atoms with E-state index in [2.05, 4.69) is 0 Å². The minimum Gasteiger partial charge on any atom is -0.358 e. The van der Waals surface area contributed by atoms with Crippen molar-refractivity contribution in [2.75, 3.05) is 0 Å². The molecule has 0 spiro atoms.